The molecule has 0 saturated heterocycles. The van der Waals surface area contributed by atoms with E-state index in [0.717, 1.165) is 51.6 Å². The Morgan fingerprint density at radius 3 is 2.19 bits per heavy atom. The van der Waals surface area contributed by atoms with E-state index in [1.807, 2.05) is 61.7 Å². The summed E-state index contributed by atoms with van der Waals surface area (Å²) in [6.45, 7) is 1.48. The van der Waals surface area contributed by atoms with Crippen molar-refractivity contribution in [2.45, 2.75) is 67.4 Å². The minimum absolute atomic E-state index is 0.0394. The molecule has 0 unspecified atom stereocenters. The van der Waals surface area contributed by atoms with E-state index in [-0.39, 0.29) is 29.8 Å². The number of rotatable bonds is 13. The van der Waals surface area contributed by atoms with Crippen LogP contribution >= 0.6 is 23.4 Å². The number of hydrogen-bond acceptors (Lipinski definition) is 5. The van der Waals surface area contributed by atoms with Crippen molar-refractivity contribution in [2.75, 3.05) is 17.1 Å². The van der Waals surface area contributed by atoms with Crippen LogP contribution in [0.2, 0.25) is 5.02 Å². The zero-order valence-corrected chi connectivity index (χ0v) is 29.0. The molecule has 1 fully saturated rings. The average molecular weight is 690 g/mol. The maximum atomic E-state index is 14.6. The highest BCUT2D eigenvalue weighted by Crippen LogP contribution is 2.27. The SMILES string of the molecule is CSc1ccc(S(=O)(=O)N(CC(=O)N(Cc2cccc(Cl)c2)[C@H](Cc2ccccc2)C(=O)NC2CCCC2)c2ccc(C)cc2)cc1. The Labute approximate surface area is 287 Å². The van der Waals surface area contributed by atoms with Crippen LogP contribution in [0.4, 0.5) is 5.69 Å². The van der Waals surface area contributed by atoms with Crippen molar-refractivity contribution in [1.82, 2.24) is 10.2 Å². The molecule has 5 rings (SSSR count). The fourth-order valence-corrected chi connectivity index (χ4v) is 7.90. The second kappa shape index (κ2) is 15.9. The van der Waals surface area contributed by atoms with Gasteiger partial charge >= 0.3 is 0 Å². The molecule has 1 saturated carbocycles. The van der Waals surface area contributed by atoms with Gasteiger partial charge in [-0.15, -0.1) is 11.8 Å². The minimum Gasteiger partial charge on any atom is -0.352 e. The van der Waals surface area contributed by atoms with E-state index >= 15 is 0 Å². The molecule has 1 aliphatic carbocycles. The summed E-state index contributed by atoms with van der Waals surface area (Å²) < 4.78 is 29.7. The summed E-state index contributed by atoms with van der Waals surface area (Å²) in [6.07, 6.45) is 6.05. The summed E-state index contributed by atoms with van der Waals surface area (Å²) in [7, 11) is -4.17. The molecule has 0 heterocycles. The van der Waals surface area contributed by atoms with Gasteiger partial charge in [0.2, 0.25) is 11.8 Å². The number of hydrogen-bond donors (Lipinski definition) is 1. The number of benzene rings is 4. The molecule has 246 valence electrons. The van der Waals surface area contributed by atoms with Gasteiger partial charge in [-0.05, 0) is 85.7 Å². The monoisotopic (exact) mass is 689 g/mol. The smallest absolute Gasteiger partial charge is 0.264 e. The lowest BCUT2D eigenvalue weighted by molar-refractivity contribution is -0.140. The number of carbonyl (C=O) groups is 2. The lowest BCUT2D eigenvalue weighted by atomic mass is 10.0. The highest BCUT2D eigenvalue weighted by molar-refractivity contribution is 7.98. The average Bonchev–Trinajstić information content (AvgIpc) is 3.59. The number of anilines is 1. The number of aryl methyl sites for hydroxylation is 1. The van der Waals surface area contributed by atoms with E-state index in [1.165, 1.54) is 16.7 Å². The van der Waals surface area contributed by atoms with Gasteiger partial charge in [-0.1, -0.05) is 84.6 Å². The second-order valence-electron chi connectivity index (χ2n) is 11.9. The van der Waals surface area contributed by atoms with Gasteiger partial charge in [0.05, 0.1) is 10.6 Å². The second-order valence-corrected chi connectivity index (χ2v) is 15.0. The van der Waals surface area contributed by atoms with Crippen LogP contribution in [0.3, 0.4) is 0 Å². The molecule has 1 atom stereocenters. The maximum Gasteiger partial charge on any atom is 0.264 e. The van der Waals surface area contributed by atoms with Crippen LogP contribution in [-0.2, 0) is 32.6 Å². The van der Waals surface area contributed by atoms with Gasteiger partial charge in [-0.25, -0.2) is 8.42 Å². The lowest BCUT2D eigenvalue weighted by Crippen LogP contribution is -2.54. The first-order chi connectivity index (χ1) is 22.6. The van der Waals surface area contributed by atoms with Gasteiger partial charge in [0.15, 0.2) is 0 Å². The highest BCUT2D eigenvalue weighted by Gasteiger charge is 2.35. The van der Waals surface area contributed by atoms with Crippen molar-refractivity contribution < 1.29 is 18.0 Å². The Kier molecular flexibility index (Phi) is 11.7. The number of thioether (sulfide) groups is 1. The Morgan fingerprint density at radius 2 is 1.55 bits per heavy atom. The van der Waals surface area contributed by atoms with E-state index < -0.39 is 28.5 Å². The number of nitrogens with one attached hydrogen (secondary N) is 1. The summed E-state index contributed by atoms with van der Waals surface area (Å²) >= 11 is 7.86. The van der Waals surface area contributed by atoms with Crippen LogP contribution < -0.4 is 9.62 Å². The molecule has 1 N–H and O–H groups in total. The standard InChI is InChI=1S/C37H40ClN3O4S2/c1-27-15-17-32(18-16-27)41(47(44,45)34-21-19-33(46-2)20-22-34)26-36(42)40(25-29-11-8-12-30(38)23-29)35(24-28-9-4-3-5-10-28)37(43)39-31-13-6-7-14-31/h3-5,8-12,15-23,31,35H,6-7,13-14,24-26H2,1-2H3,(H,39,43)/t35-/m1/s1. The summed E-state index contributed by atoms with van der Waals surface area (Å²) in [5.74, 6) is -0.758. The molecule has 0 bridgehead atoms. The quantitative estimate of drug-likeness (QED) is 0.149. The zero-order chi connectivity index (χ0) is 33.4. The van der Waals surface area contributed by atoms with Crippen molar-refractivity contribution in [3.8, 4) is 0 Å². The van der Waals surface area contributed by atoms with Crippen molar-refractivity contribution >= 4 is 50.9 Å². The topological polar surface area (TPSA) is 86.8 Å². The van der Waals surface area contributed by atoms with Crippen molar-refractivity contribution in [2.24, 2.45) is 0 Å². The molecule has 0 radical (unpaired) electrons. The summed E-state index contributed by atoms with van der Waals surface area (Å²) in [4.78, 5) is 31.3. The molecule has 0 aliphatic heterocycles. The molecule has 7 nitrogen and oxygen atoms in total. The van der Waals surface area contributed by atoms with Gasteiger partial charge < -0.3 is 10.2 Å². The van der Waals surface area contributed by atoms with Gasteiger partial charge in [0.1, 0.15) is 12.6 Å². The van der Waals surface area contributed by atoms with Gasteiger partial charge in [-0.3, -0.25) is 13.9 Å². The molecule has 0 spiro atoms. The largest absolute Gasteiger partial charge is 0.352 e. The molecule has 4 aromatic carbocycles. The summed E-state index contributed by atoms with van der Waals surface area (Å²) in [6, 6.07) is 29.5. The van der Waals surface area contributed by atoms with Crippen LogP contribution in [0.25, 0.3) is 0 Å². The third-order valence-electron chi connectivity index (χ3n) is 8.46. The number of halogens is 1. The Bertz CT molecular complexity index is 1760. The van der Waals surface area contributed by atoms with Crippen molar-refractivity contribution in [3.63, 3.8) is 0 Å². The van der Waals surface area contributed by atoms with Crippen LogP contribution in [0.15, 0.2) is 113 Å². The first-order valence-corrected chi connectivity index (χ1v) is 18.8. The molecule has 10 heteroatoms. The first kappa shape index (κ1) is 34.5. The number of sulfonamides is 1. The van der Waals surface area contributed by atoms with Gasteiger partial charge in [-0.2, -0.15) is 0 Å². The van der Waals surface area contributed by atoms with Crippen molar-refractivity contribution in [3.05, 3.63) is 125 Å². The highest BCUT2D eigenvalue weighted by atomic mass is 35.5. The predicted molar refractivity (Wildman–Crippen MR) is 190 cm³/mol. The fourth-order valence-electron chi connectivity index (χ4n) is 5.87. The minimum atomic E-state index is -4.17. The van der Waals surface area contributed by atoms with Crippen LogP contribution in [-0.4, -0.2) is 50.0 Å². The molecule has 2 amide bonds. The number of amides is 2. The summed E-state index contributed by atoms with van der Waals surface area (Å²) in [5.41, 5.74) is 2.93. The molecule has 0 aromatic heterocycles. The van der Waals surface area contributed by atoms with Gasteiger partial charge in [0.25, 0.3) is 10.0 Å². The van der Waals surface area contributed by atoms with E-state index in [1.54, 1.807) is 54.6 Å². The maximum absolute atomic E-state index is 14.6. The van der Waals surface area contributed by atoms with E-state index in [9.17, 15) is 18.0 Å². The van der Waals surface area contributed by atoms with E-state index in [2.05, 4.69) is 5.32 Å². The van der Waals surface area contributed by atoms with Crippen LogP contribution in [0.1, 0.15) is 42.4 Å². The molecule has 47 heavy (non-hydrogen) atoms. The Hall–Kier alpha value is -3.79. The summed E-state index contributed by atoms with van der Waals surface area (Å²) in [5, 5.41) is 3.70. The zero-order valence-electron chi connectivity index (χ0n) is 26.6. The van der Waals surface area contributed by atoms with Gasteiger partial charge in [0, 0.05) is 28.9 Å². The molecular formula is C37H40ClN3O4S2. The van der Waals surface area contributed by atoms with Crippen LogP contribution in [0.5, 0.6) is 0 Å². The van der Waals surface area contributed by atoms with E-state index in [0.29, 0.717) is 10.7 Å². The fraction of sp³-hybridized carbons (Fsp3) is 0.297. The molecule has 1 aliphatic rings. The Balaban J connectivity index is 1.56. The van der Waals surface area contributed by atoms with Crippen LogP contribution in [0, 0.1) is 6.92 Å². The molecule has 4 aromatic rings. The normalized spacial score (nSPS) is 14.0. The van der Waals surface area contributed by atoms with Crippen molar-refractivity contribution in [1.29, 1.82) is 0 Å². The van der Waals surface area contributed by atoms with E-state index in [4.69, 9.17) is 11.6 Å². The number of carbonyl (C=O) groups excluding carboxylic acids is 2. The Morgan fingerprint density at radius 1 is 0.894 bits per heavy atom. The molecular weight excluding hydrogens is 650 g/mol. The predicted octanol–water partition coefficient (Wildman–Crippen LogP) is 7.26. The lowest BCUT2D eigenvalue weighted by Gasteiger charge is -2.34. The third kappa shape index (κ3) is 8.97. The third-order valence-corrected chi connectivity index (χ3v) is 11.2. The number of nitrogens with zero attached hydrogens (tertiary/aromatic N) is 2. The first-order valence-electron chi connectivity index (χ1n) is 15.8.